The molecule has 0 saturated carbocycles. The zero-order chi connectivity index (χ0) is 23.6. The Labute approximate surface area is 237 Å². The molecular weight excluding hydrogens is 490 g/mol. The van der Waals surface area contributed by atoms with Crippen molar-refractivity contribution in [2.75, 3.05) is 11.8 Å². The average Bonchev–Trinajstić information content (AvgIpc) is 2.79. The minimum Gasteiger partial charge on any atom is -0.424 e. The SMILES string of the molecule is CNS(=O)(=O)Nc1cccc(Cc2c(C)c3ccc(Oc4ncccn4)cc3oc2=O)c1F.[K]. The van der Waals surface area contributed by atoms with Gasteiger partial charge in [0.1, 0.15) is 11.3 Å². The van der Waals surface area contributed by atoms with E-state index >= 15 is 0 Å². The third kappa shape index (κ3) is 5.89. The molecule has 2 N–H and O–H groups in total. The van der Waals surface area contributed by atoms with Crippen molar-refractivity contribution < 1.29 is 22.0 Å². The number of aromatic nitrogens is 2. The fraction of sp³-hybridized carbons (Fsp3) is 0.136. The van der Waals surface area contributed by atoms with Crippen molar-refractivity contribution in [3.63, 3.8) is 0 Å². The number of anilines is 1. The van der Waals surface area contributed by atoms with Crippen molar-refractivity contribution in [1.82, 2.24) is 14.7 Å². The maximum Gasteiger partial charge on any atom is 0.340 e. The van der Waals surface area contributed by atoms with Gasteiger partial charge in [-0.2, -0.15) is 8.42 Å². The number of rotatable bonds is 7. The van der Waals surface area contributed by atoms with Crippen molar-refractivity contribution in [2.45, 2.75) is 13.3 Å². The fourth-order valence-electron chi connectivity index (χ4n) is 3.27. The van der Waals surface area contributed by atoms with Crippen LogP contribution in [0.4, 0.5) is 10.1 Å². The van der Waals surface area contributed by atoms with Gasteiger partial charge in [-0.05, 0) is 42.3 Å². The van der Waals surface area contributed by atoms with Crippen LogP contribution in [0.1, 0.15) is 16.7 Å². The molecule has 34 heavy (non-hydrogen) atoms. The van der Waals surface area contributed by atoms with Crippen LogP contribution in [0.25, 0.3) is 11.0 Å². The summed E-state index contributed by atoms with van der Waals surface area (Å²) in [5.74, 6) is -0.388. The Kier molecular flexibility index (Phi) is 8.57. The summed E-state index contributed by atoms with van der Waals surface area (Å²) in [7, 11) is -2.69. The van der Waals surface area contributed by atoms with E-state index in [-0.39, 0.29) is 80.6 Å². The molecule has 1 radical (unpaired) electrons. The Morgan fingerprint density at radius 2 is 1.85 bits per heavy atom. The molecular formula is C22H19FKN4O5S. The minimum absolute atomic E-state index is 0. The van der Waals surface area contributed by atoms with Gasteiger partial charge >= 0.3 is 11.6 Å². The predicted octanol–water partition coefficient (Wildman–Crippen LogP) is 2.91. The number of fused-ring (bicyclic) bond motifs is 1. The number of benzene rings is 2. The summed E-state index contributed by atoms with van der Waals surface area (Å²) in [5, 5.41) is 0.651. The number of ether oxygens (including phenoxy) is 1. The molecule has 4 aromatic rings. The van der Waals surface area contributed by atoms with Crippen LogP contribution in [0.15, 0.2) is 64.1 Å². The van der Waals surface area contributed by atoms with E-state index in [0.717, 1.165) is 0 Å². The first kappa shape index (κ1) is 26.4. The molecule has 0 atom stereocenters. The summed E-state index contributed by atoms with van der Waals surface area (Å²) in [6.07, 6.45) is 3.00. The van der Waals surface area contributed by atoms with E-state index in [1.54, 1.807) is 31.2 Å². The van der Waals surface area contributed by atoms with Crippen LogP contribution in [0.5, 0.6) is 11.8 Å². The molecule has 12 heteroatoms. The third-order valence-corrected chi connectivity index (χ3v) is 6.00. The first-order valence-corrected chi connectivity index (χ1v) is 11.3. The molecule has 0 bridgehead atoms. The van der Waals surface area contributed by atoms with Gasteiger partial charge in [0, 0.05) is 94.3 Å². The van der Waals surface area contributed by atoms with Crippen LogP contribution >= 0.6 is 0 Å². The van der Waals surface area contributed by atoms with E-state index in [9.17, 15) is 17.6 Å². The van der Waals surface area contributed by atoms with E-state index in [2.05, 4.69) is 19.4 Å². The van der Waals surface area contributed by atoms with Crippen molar-refractivity contribution in [2.24, 2.45) is 0 Å². The molecule has 171 valence electrons. The van der Waals surface area contributed by atoms with Crippen molar-refractivity contribution in [3.05, 3.63) is 87.8 Å². The fourth-order valence-corrected chi connectivity index (χ4v) is 3.82. The largest absolute Gasteiger partial charge is 0.424 e. The van der Waals surface area contributed by atoms with Gasteiger partial charge in [0.2, 0.25) is 0 Å². The molecule has 2 heterocycles. The van der Waals surface area contributed by atoms with Crippen LogP contribution in [0, 0.1) is 12.7 Å². The first-order chi connectivity index (χ1) is 15.8. The van der Waals surface area contributed by atoms with E-state index in [1.807, 2.05) is 0 Å². The summed E-state index contributed by atoms with van der Waals surface area (Å²) < 4.78 is 53.6. The second-order valence-corrected chi connectivity index (χ2v) is 8.67. The molecule has 4 rings (SSSR count). The van der Waals surface area contributed by atoms with Gasteiger partial charge in [-0.1, -0.05) is 12.1 Å². The molecule has 0 saturated heterocycles. The molecule has 0 aliphatic heterocycles. The van der Waals surface area contributed by atoms with Gasteiger partial charge in [-0.3, -0.25) is 4.72 Å². The second-order valence-electron chi connectivity index (χ2n) is 7.05. The first-order valence-electron chi connectivity index (χ1n) is 9.77. The molecule has 0 aliphatic rings. The summed E-state index contributed by atoms with van der Waals surface area (Å²) in [4.78, 5) is 20.7. The van der Waals surface area contributed by atoms with Crippen LogP contribution < -0.4 is 19.8 Å². The molecule has 0 spiro atoms. The second kappa shape index (κ2) is 11.0. The van der Waals surface area contributed by atoms with E-state index < -0.39 is 21.7 Å². The number of hydrogen-bond donors (Lipinski definition) is 2. The molecule has 0 aliphatic carbocycles. The monoisotopic (exact) mass is 509 g/mol. The van der Waals surface area contributed by atoms with Gasteiger partial charge in [-0.15, -0.1) is 0 Å². The number of halogens is 1. The topological polar surface area (TPSA) is 123 Å². The summed E-state index contributed by atoms with van der Waals surface area (Å²) in [6, 6.07) is 11.0. The number of hydrogen-bond acceptors (Lipinski definition) is 7. The van der Waals surface area contributed by atoms with Gasteiger partial charge < -0.3 is 9.15 Å². The standard InChI is InChI=1S/C22H19FN4O5S.K/c1-13-16-8-7-15(31-22-25-9-4-10-26-22)12-19(16)32-21(28)17(13)11-14-5-3-6-18(20(14)23)27-33(29,30)24-2;/h3-10,12,24,27H,11H2,1-2H3;. The van der Waals surface area contributed by atoms with Crippen LogP contribution in [0.2, 0.25) is 0 Å². The molecule has 0 unspecified atom stereocenters. The summed E-state index contributed by atoms with van der Waals surface area (Å²) >= 11 is 0. The molecule has 9 nitrogen and oxygen atoms in total. The van der Waals surface area contributed by atoms with Gasteiger partial charge in [0.05, 0.1) is 5.69 Å². The van der Waals surface area contributed by atoms with E-state index in [1.165, 1.54) is 37.6 Å². The van der Waals surface area contributed by atoms with E-state index in [0.29, 0.717) is 22.3 Å². The van der Waals surface area contributed by atoms with Crippen molar-refractivity contribution in [1.29, 1.82) is 0 Å². The minimum atomic E-state index is -3.90. The number of nitrogens with zero attached hydrogens (tertiary/aromatic N) is 2. The van der Waals surface area contributed by atoms with Gasteiger partial charge in [0.25, 0.3) is 10.2 Å². The third-order valence-electron chi connectivity index (χ3n) is 4.97. The number of nitrogens with one attached hydrogen (secondary N) is 2. The number of aryl methyl sites for hydroxylation is 1. The Morgan fingerprint density at radius 3 is 2.56 bits per heavy atom. The smallest absolute Gasteiger partial charge is 0.340 e. The molecule has 0 amide bonds. The average molecular weight is 510 g/mol. The Morgan fingerprint density at radius 1 is 1.12 bits per heavy atom. The van der Waals surface area contributed by atoms with Crippen molar-refractivity contribution in [3.8, 4) is 11.8 Å². The normalized spacial score (nSPS) is 11.1. The zero-order valence-corrected chi connectivity index (χ0v) is 22.6. The molecule has 2 aromatic heterocycles. The Hall–Kier alpha value is -2.19. The molecule has 0 fully saturated rings. The Bertz CT molecular complexity index is 1500. The maximum atomic E-state index is 14.9. The molecule has 2 aromatic carbocycles. The van der Waals surface area contributed by atoms with Crippen LogP contribution in [0.3, 0.4) is 0 Å². The van der Waals surface area contributed by atoms with Gasteiger partial charge in [0.15, 0.2) is 5.82 Å². The Balaban J connectivity index is 0.00000324. The predicted molar refractivity (Wildman–Crippen MR) is 126 cm³/mol. The van der Waals surface area contributed by atoms with Crippen LogP contribution in [-0.2, 0) is 16.6 Å². The van der Waals surface area contributed by atoms with E-state index in [4.69, 9.17) is 9.15 Å². The summed E-state index contributed by atoms with van der Waals surface area (Å²) in [6.45, 7) is 1.74. The zero-order valence-electron chi connectivity index (χ0n) is 18.6. The van der Waals surface area contributed by atoms with Gasteiger partial charge in [-0.25, -0.2) is 23.9 Å². The van der Waals surface area contributed by atoms with Crippen molar-refractivity contribution >= 4 is 78.3 Å². The maximum absolute atomic E-state index is 14.9. The summed E-state index contributed by atoms with van der Waals surface area (Å²) in [5.41, 5.74) is 0.454. The quantitative estimate of drug-likeness (QED) is 0.290. The van der Waals surface area contributed by atoms with Crippen LogP contribution in [-0.4, -0.2) is 76.8 Å².